The SMILES string of the molecule is [CH2]OC(=O)C=CCC. The smallest absolute Gasteiger partial charge is 0.330 e. The molecule has 8 heavy (non-hydrogen) atoms. The van der Waals surface area contributed by atoms with Gasteiger partial charge in [-0.1, -0.05) is 13.0 Å². The minimum absolute atomic E-state index is 0.396. The summed E-state index contributed by atoms with van der Waals surface area (Å²) in [6.45, 7) is 1.94. The third kappa shape index (κ3) is 3.40. The Bertz CT molecular complexity index is 94.7. The highest BCUT2D eigenvalue weighted by Crippen LogP contribution is 1.81. The van der Waals surface area contributed by atoms with Crippen LogP contribution < -0.4 is 0 Å². The number of esters is 1. The lowest BCUT2D eigenvalue weighted by Gasteiger charge is -1.85. The van der Waals surface area contributed by atoms with Crippen LogP contribution in [-0.2, 0) is 9.53 Å². The second-order valence-electron chi connectivity index (χ2n) is 1.27. The number of carbonyl (C=O) groups excluding carboxylic acids is 1. The van der Waals surface area contributed by atoms with Gasteiger partial charge in [0.25, 0.3) is 0 Å². The highest BCUT2D eigenvalue weighted by molar-refractivity contribution is 5.81. The number of carbonyl (C=O) groups is 1. The topological polar surface area (TPSA) is 26.3 Å². The molecule has 0 aliphatic carbocycles. The molecule has 0 heterocycles. The van der Waals surface area contributed by atoms with Crippen molar-refractivity contribution in [1.29, 1.82) is 0 Å². The molecule has 0 aromatic rings. The van der Waals surface area contributed by atoms with E-state index in [1.54, 1.807) is 6.08 Å². The highest BCUT2D eigenvalue weighted by atomic mass is 16.5. The molecule has 0 amide bonds. The van der Waals surface area contributed by atoms with Crippen LogP contribution in [0.2, 0.25) is 0 Å². The minimum atomic E-state index is -0.396. The standard InChI is InChI=1S/C6H9O2/c1-3-4-5-6(7)8-2/h4-5H,2-3H2,1H3. The van der Waals surface area contributed by atoms with Crippen molar-refractivity contribution in [2.24, 2.45) is 0 Å². The van der Waals surface area contributed by atoms with E-state index in [-0.39, 0.29) is 0 Å². The van der Waals surface area contributed by atoms with E-state index >= 15 is 0 Å². The lowest BCUT2D eigenvalue weighted by Crippen LogP contribution is -1.90. The van der Waals surface area contributed by atoms with Gasteiger partial charge < -0.3 is 4.74 Å². The van der Waals surface area contributed by atoms with Crippen molar-refractivity contribution in [3.05, 3.63) is 19.3 Å². The summed E-state index contributed by atoms with van der Waals surface area (Å²) in [5.41, 5.74) is 0. The Morgan fingerprint density at radius 3 is 2.88 bits per heavy atom. The van der Waals surface area contributed by atoms with Crippen LogP contribution in [0.1, 0.15) is 13.3 Å². The fourth-order valence-corrected chi connectivity index (χ4v) is 0.262. The first-order chi connectivity index (χ1) is 3.81. The third-order valence-electron chi connectivity index (χ3n) is 0.632. The average Bonchev–Trinajstić information content (AvgIpc) is 1.83. The van der Waals surface area contributed by atoms with Crippen LogP contribution in [0.15, 0.2) is 12.2 Å². The van der Waals surface area contributed by atoms with E-state index in [2.05, 4.69) is 11.8 Å². The largest absolute Gasteiger partial charge is 0.459 e. The van der Waals surface area contributed by atoms with Crippen molar-refractivity contribution in [1.82, 2.24) is 0 Å². The summed E-state index contributed by atoms with van der Waals surface area (Å²) in [7, 11) is 2.94. The molecule has 0 unspecified atom stereocenters. The van der Waals surface area contributed by atoms with Crippen molar-refractivity contribution in [3.63, 3.8) is 0 Å². The number of rotatable bonds is 2. The molecule has 0 spiro atoms. The van der Waals surface area contributed by atoms with Crippen molar-refractivity contribution in [2.45, 2.75) is 13.3 Å². The van der Waals surface area contributed by atoms with E-state index in [0.717, 1.165) is 6.42 Å². The summed E-state index contributed by atoms with van der Waals surface area (Å²) < 4.78 is 4.08. The van der Waals surface area contributed by atoms with Crippen molar-refractivity contribution in [2.75, 3.05) is 0 Å². The molecule has 0 fully saturated rings. The molecule has 0 saturated heterocycles. The second-order valence-corrected chi connectivity index (χ2v) is 1.27. The maximum absolute atomic E-state index is 10.2. The summed E-state index contributed by atoms with van der Waals surface area (Å²) >= 11 is 0. The number of hydrogen-bond donors (Lipinski definition) is 0. The zero-order valence-corrected chi connectivity index (χ0v) is 4.89. The Morgan fingerprint density at radius 2 is 2.50 bits per heavy atom. The maximum Gasteiger partial charge on any atom is 0.330 e. The fraction of sp³-hybridized carbons (Fsp3) is 0.333. The Balaban J connectivity index is 3.37. The predicted molar refractivity (Wildman–Crippen MR) is 30.9 cm³/mol. The van der Waals surface area contributed by atoms with Crippen LogP contribution in [0.5, 0.6) is 0 Å². The van der Waals surface area contributed by atoms with Gasteiger partial charge in [-0.3, -0.25) is 0 Å². The molecule has 0 aromatic carbocycles. The summed E-state index contributed by atoms with van der Waals surface area (Å²) in [6.07, 6.45) is 3.91. The van der Waals surface area contributed by atoms with Gasteiger partial charge >= 0.3 is 5.97 Å². The first-order valence-corrected chi connectivity index (χ1v) is 2.43. The molecule has 2 nitrogen and oxygen atoms in total. The summed E-state index contributed by atoms with van der Waals surface area (Å²) in [4.78, 5) is 10.2. The highest BCUT2D eigenvalue weighted by Gasteiger charge is 1.86. The van der Waals surface area contributed by atoms with Gasteiger partial charge in [-0.25, -0.2) is 4.79 Å². The number of hydrogen-bond acceptors (Lipinski definition) is 2. The van der Waals surface area contributed by atoms with Gasteiger partial charge in [0.15, 0.2) is 0 Å². The van der Waals surface area contributed by atoms with E-state index in [9.17, 15) is 4.79 Å². The molecule has 0 atom stereocenters. The summed E-state index contributed by atoms with van der Waals surface area (Å²) in [6, 6.07) is 0. The molecule has 0 aliphatic heterocycles. The maximum atomic E-state index is 10.2. The van der Waals surface area contributed by atoms with Gasteiger partial charge in [0.1, 0.15) is 7.11 Å². The molecule has 1 radical (unpaired) electrons. The van der Waals surface area contributed by atoms with E-state index in [0.29, 0.717) is 0 Å². The van der Waals surface area contributed by atoms with Gasteiger partial charge in [0.05, 0.1) is 0 Å². The van der Waals surface area contributed by atoms with Crippen LogP contribution in [-0.4, -0.2) is 5.97 Å². The average molecular weight is 113 g/mol. The van der Waals surface area contributed by atoms with Crippen LogP contribution in [0, 0.1) is 7.11 Å². The van der Waals surface area contributed by atoms with Crippen LogP contribution >= 0.6 is 0 Å². The molecule has 0 rings (SSSR count). The minimum Gasteiger partial charge on any atom is -0.459 e. The number of ether oxygens (including phenoxy) is 1. The first-order valence-electron chi connectivity index (χ1n) is 2.43. The van der Waals surface area contributed by atoms with Crippen molar-refractivity contribution < 1.29 is 9.53 Å². The van der Waals surface area contributed by atoms with Gasteiger partial charge in [-0.05, 0) is 6.42 Å². The predicted octanol–water partition coefficient (Wildman–Crippen LogP) is 1.29. The molecule has 0 N–H and O–H groups in total. The van der Waals surface area contributed by atoms with E-state index in [4.69, 9.17) is 0 Å². The monoisotopic (exact) mass is 113 g/mol. The molecule has 45 valence electrons. The first kappa shape index (κ1) is 7.21. The van der Waals surface area contributed by atoms with E-state index in [1.165, 1.54) is 6.08 Å². The Labute approximate surface area is 49.1 Å². The molecular formula is C6H9O2. The van der Waals surface area contributed by atoms with E-state index < -0.39 is 5.97 Å². The normalized spacial score (nSPS) is 9.75. The van der Waals surface area contributed by atoms with Gasteiger partial charge in [0, 0.05) is 6.08 Å². The fourth-order valence-electron chi connectivity index (χ4n) is 0.262. The Morgan fingerprint density at radius 1 is 1.88 bits per heavy atom. The second kappa shape index (κ2) is 4.37. The molecule has 0 aromatic heterocycles. The van der Waals surface area contributed by atoms with Crippen LogP contribution in [0.25, 0.3) is 0 Å². The van der Waals surface area contributed by atoms with Gasteiger partial charge in [-0.15, -0.1) is 0 Å². The summed E-state index contributed by atoms with van der Waals surface area (Å²) in [5.74, 6) is -0.396. The van der Waals surface area contributed by atoms with Gasteiger partial charge in [0.2, 0.25) is 0 Å². The molecule has 0 aliphatic rings. The van der Waals surface area contributed by atoms with E-state index in [1.807, 2.05) is 6.92 Å². The number of allylic oxidation sites excluding steroid dienone is 1. The quantitative estimate of drug-likeness (QED) is 0.398. The Kier molecular flexibility index (Phi) is 3.94. The molecule has 0 bridgehead atoms. The van der Waals surface area contributed by atoms with Crippen molar-refractivity contribution >= 4 is 5.97 Å². The zero-order chi connectivity index (χ0) is 6.41. The van der Waals surface area contributed by atoms with Crippen molar-refractivity contribution in [3.8, 4) is 0 Å². The van der Waals surface area contributed by atoms with Crippen LogP contribution in [0.4, 0.5) is 0 Å². The van der Waals surface area contributed by atoms with Crippen LogP contribution in [0.3, 0.4) is 0 Å². The zero-order valence-electron chi connectivity index (χ0n) is 4.89. The lowest BCUT2D eigenvalue weighted by atomic mass is 10.4. The Hall–Kier alpha value is -0.790. The summed E-state index contributed by atoms with van der Waals surface area (Å²) in [5, 5.41) is 0. The van der Waals surface area contributed by atoms with Gasteiger partial charge in [-0.2, -0.15) is 0 Å². The molecule has 0 saturated carbocycles. The molecule has 2 heteroatoms. The lowest BCUT2D eigenvalue weighted by molar-refractivity contribution is -0.132. The third-order valence-corrected chi connectivity index (χ3v) is 0.632. The molecular weight excluding hydrogens is 104 g/mol.